The Balaban J connectivity index is 1.57. The lowest BCUT2D eigenvalue weighted by atomic mass is 10.0. The molecule has 0 bridgehead atoms. The van der Waals surface area contributed by atoms with Crippen LogP contribution in [0.2, 0.25) is 0 Å². The highest BCUT2D eigenvalue weighted by Gasteiger charge is 2.32. The molecule has 1 aliphatic rings. The van der Waals surface area contributed by atoms with E-state index in [4.69, 9.17) is 19.7 Å². The molecule has 2 unspecified atom stereocenters. The Hall–Kier alpha value is -3.83. The average molecular weight is 588 g/mol. The number of aromatic carboxylic acids is 1. The van der Waals surface area contributed by atoms with E-state index in [1.807, 2.05) is 6.07 Å². The van der Waals surface area contributed by atoms with Crippen LogP contribution in [-0.4, -0.2) is 27.2 Å². The van der Waals surface area contributed by atoms with Gasteiger partial charge in [-0.1, -0.05) is 23.9 Å². The molecule has 0 spiro atoms. The number of hydrogen-bond acceptors (Lipinski definition) is 5. The van der Waals surface area contributed by atoms with Crippen LogP contribution < -0.4 is 4.74 Å². The molecule has 5 nitrogen and oxygen atoms in total. The Morgan fingerprint density at radius 2 is 1.75 bits per heavy atom. The van der Waals surface area contributed by atoms with Gasteiger partial charge in [-0.3, -0.25) is 5.41 Å². The maximum atomic E-state index is 15.0. The van der Waals surface area contributed by atoms with Gasteiger partial charge in [0.25, 0.3) is 0 Å². The molecule has 40 heavy (non-hydrogen) atoms. The minimum Gasteiger partial charge on any atom is -0.484 e. The van der Waals surface area contributed by atoms with Crippen molar-refractivity contribution in [2.75, 3.05) is 6.26 Å². The largest absolute Gasteiger partial charge is 0.484 e. The van der Waals surface area contributed by atoms with Gasteiger partial charge < -0.3 is 14.3 Å². The van der Waals surface area contributed by atoms with E-state index >= 15 is 8.78 Å². The van der Waals surface area contributed by atoms with Gasteiger partial charge in [-0.2, -0.15) is 0 Å². The smallest absolute Gasteiger partial charge is 0.371 e. The van der Waals surface area contributed by atoms with E-state index < -0.39 is 45.0 Å². The Labute approximate surface area is 233 Å². The molecule has 206 valence electrons. The van der Waals surface area contributed by atoms with Crippen molar-refractivity contribution in [1.29, 1.82) is 5.41 Å². The fourth-order valence-electron chi connectivity index (χ4n) is 4.45. The summed E-state index contributed by atoms with van der Waals surface area (Å²) in [6.45, 7) is -0.0985. The third-order valence-corrected chi connectivity index (χ3v) is 9.63. The summed E-state index contributed by atoms with van der Waals surface area (Å²) >= 11 is 1.15. The monoisotopic (exact) mass is 587 g/mol. The fraction of sp³-hybridized carbons (Fsp3) is 0.138. The third-order valence-electron chi connectivity index (χ3n) is 6.30. The number of furan rings is 1. The lowest BCUT2D eigenvalue weighted by molar-refractivity contribution is 0.0658. The zero-order chi connectivity index (χ0) is 28.6. The zero-order valence-electron chi connectivity index (χ0n) is 20.8. The summed E-state index contributed by atoms with van der Waals surface area (Å²) in [6.07, 6.45) is 1.97. The highest BCUT2D eigenvalue weighted by molar-refractivity contribution is 8.17. The van der Waals surface area contributed by atoms with E-state index in [9.17, 15) is 13.6 Å². The summed E-state index contributed by atoms with van der Waals surface area (Å²) in [5.41, 5.74) is 0.954. The van der Waals surface area contributed by atoms with E-state index in [1.165, 1.54) is 36.4 Å². The molecule has 5 rings (SSSR count). The second-order valence-corrected chi connectivity index (χ2v) is 12.0. The molecule has 0 radical (unpaired) electrons. The van der Waals surface area contributed by atoms with Crippen molar-refractivity contribution in [3.8, 4) is 5.75 Å². The van der Waals surface area contributed by atoms with Crippen LogP contribution in [0.1, 0.15) is 44.7 Å². The quantitative estimate of drug-likeness (QED) is 0.0998. The van der Waals surface area contributed by atoms with E-state index in [2.05, 4.69) is 0 Å². The summed E-state index contributed by atoms with van der Waals surface area (Å²) in [5.74, 6) is -4.31. The van der Waals surface area contributed by atoms with Crippen molar-refractivity contribution in [2.45, 2.75) is 23.2 Å². The first-order valence-electron chi connectivity index (χ1n) is 11.9. The molecule has 0 aliphatic carbocycles. The Morgan fingerprint density at radius 3 is 2.40 bits per heavy atom. The first kappa shape index (κ1) is 27.7. The average Bonchev–Trinajstić information content (AvgIpc) is 3.39. The molecule has 0 amide bonds. The second-order valence-electron chi connectivity index (χ2n) is 8.86. The fourth-order valence-corrected chi connectivity index (χ4v) is 7.92. The first-order chi connectivity index (χ1) is 19.1. The highest BCUT2D eigenvalue weighted by Crippen LogP contribution is 2.51. The third kappa shape index (κ3) is 5.57. The molecule has 2 heterocycles. The van der Waals surface area contributed by atoms with Crippen LogP contribution in [0, 0.1) is 28.7 Å². The maximum Gasteiger partial charge on any atom is 0.371 e. The van der Waals surface area contributed by atoms with Crippen LogP contribution in [0.4, 0.5) is 17.6 Å². The summed E-state index contributed by atoms with van der Waals surface area (Å²) in [7, 11) is -0.905. The van der Waals surface area contributed by atoms with Crippen LogP contribution in [0.3, 0.4) is 0 Å². The summed E-state index contributed by atoms with van der Waals surface area (Å²) in [5, 5.41) is 17.4. The lowest BCUT2D eigenvalue weighted by Gasteiger charge is -2.31. The summed E-state index contributed by atoms with van der Waals surface area (Å²) < 4.78 is 68.5. The number of thioether (sulfide) groups is 1. The van der Waals surface area contributed by atoms with Crippen LogP contribution in [-0.2, 0) is 6.61 Å². The number of ether oxygens (including phenoxy) is 1. The van der Waals surface area contributed by atoms with Gasteiger partial charge in [0.15, 0.2) is 0 Å². The minimum absolute atomic E-state index is 0.0985. The SMILES string of the molecule is CS1=C(c2c(F)cc(F)cc2F)CC(SC(=N)c2ccc(F)cc2)c2cccc(OCc3ccc(C(=O)O)o3)c21. The van der Waals surface area contributed by atoms with Crippen molar-refractivity contribution in [3.05, 3.63) is 118 Å². The number of fused-ring (bicyclic) bond motifs is 1. The molecule has 2 N–H and O–H groups in total. The van der Waals surface area contributed by atoms with Crippen LogP contribution >= 0.6 is 22.2 Å². The molecule has 1 aromatic heterocycles. The number of halogens is 4. The Bertz CT molecular complexity index is 1640. The van der Waals surface area contributed by atoms with Gasteiger partial charge in [0, 0.05) is 27.8 Å². The molecular formula is C29H21F4NO4S2. The number of benzene rings is 3. The lowest BCUT2D eigenvalue weighted by Crippen LogP contribution is -2.18. The predicted molar refractivity (Wildman–Crippen MR) is 147 cm³/mol. The maximum absolute atomic E-state index is 15.0. The van der Waals surface area contributed by atoms with E-state index in [-0.39, 0.29) is 35.2 Å². The van der Waals surface area contributed by atoms with E-state index in [1.54, 1.807) is 18.4 Å². The standard InChI is InChI=1S/C29H21F4NO4S2/c1-40-25(26-20(32)11-17(31)12-21(26)33)13-24(39-28(34)15-5-7-16(30)8-6-15)19-3-2-4-22(27(19)40)37-14-18-9-10-23(38-18)29(35)36/h2-12,24,34H,13-14H2,1H3,(H,35,36). The highest BCUT2D eigenvalue weighted by atomic mass is 32.2. The first-order valence-corrected chi connectivity index (χ1v) is 14.4. The van der Waals surface area contributed by atoms with Gasteiger partial charge in [0.2, 0.25) is 5.76 Å². The molecule has 11 heteroatoms. The van der Waals surface area contributed by atoms with E-state index in [0.29, 0.717) is 33.2 Å². The predicted octanol–water partition coefficient (Wildman–Crippen LogP) is 7.80. The minimum atomic E-state index is -1.22. The Kier molecular flexibility index (Phi) is 7.86. The van der Waals surface area contributed by atoms with Gasteiger partial charge in [-0.25, -0.2) is 22.4 Å². The van der Waals surface area contributed by atoms with Crippen molar-refractivity contribution in [3.63, 3.8) is 0 Å². The van der Waals surface area contributed by atoms with Crippen LogP contribution in [0.15, 0.2) is 76.0 Å². The summed E-state index contributed by atoms with van der Waals surface area (Å²) in [4.78, 5) is 12.2. The normalized spacial score (nSPS) is 16.5. The number of nitrogens with one attached hydrogen (secondary N) is 1. The van der Waals surface area contributed by atoms with Gasteiger partial charge in [0.05, 0.1) is 10.6 Å². The Morgan fingerprint density at radius 1 is 1.05 bits per heavy atom. The van der Waals surface area contributed by atoms with Gasteiger partial charge in [0.1, 0.15) is 41.4 Å². The number of hydrogen-bond donors (Lipinski definition) is 2. The summed E-state index contributed by atoms with van der Waals surface area (Å²) in [6, 6.07) is 14.8. The van der Waals surface area contributed by atoms with Crippen molar-refractivity contribution in [1.82, 2.24) is 0 Å². The van der Waals surface area contributed by atoms with Crippen LogP contribution in [0.25, 0.3) is 0 Å². The molecule has 0 fully saturated rings. The van der Waals surface area contributed by atoms with Gasteiger partial charge >= 0.3 is 5.97 Å². The van der Waals surface area contributed by atoms with Crippen LogP contribution in [0.5, 0.6) is 5.75 Å². The van der Waals surface area contributed by atoms with Crippen molar-refractivity contribution < 1.29 is 36.6 Å². The molecule has 0 saturated carbocycles. The number of carboxylic acid groups (broad SMARTS) is 1. The van der Waals surface area contributed by atoms with E-state index in [0.717, 1.165) is 17.3 Å². The molecule has 4 aromatic rings. The second kappa shape index (κ2) is 11.3. The molecular weight excluding hydrogens is 566 g/mol. The zero-order valence-corrected chi connectivity index (χ0v) is 22.5. The molecule has 3 aromatic carbocycles. The number of carbonyl (C=O) groups is 1. The number of carboxylic acids is 1. The topological polar surface area (TPSA) is 83.5 Å². The van der Waals surface area contributed by atoms with Crippen molar-refractivity contribution >= 4 is 38.1 Å². The molecule has 0 saturated heterocycles. The molecule has 1 aliphatic heterocycles. The number of rotatable bonds is 7. The molecule has 2 atom stereocenters. The van der Waals surface area contributed by atoms with Gasteiger partial charge in [-0.05, 0) is 65.6 Å². The van der Waals surface area contributed by atoms with Crippen molar-refractivity contribution in [2.24, 2.45) is 0 Å². The van der Waals surface area contributed by atoms with Gasteiger partial charge in [-0.15, -0.1) is 10.5 Å².